The molecule has 48 valence electrons. The molecule has 0 atom stereocenters. The van der Waals surface area contributed by atoms with Gasteiger partial charge in [-0.2, -0.15) is 0 Å². The largest absolute Gasteiger partial charge is 3.00 e. The van der Waals surface area contributed by atoms with Gasteiger partial charge < -0.3 is 27.4 Å². The summed E-state index contributed by atoms with van der Waals surface area (Å²) in [5.41, 5.74) is 0. The summed E-state index contributed by atoms with van der Waals surface area (Å²) in [6, 6.07) is 0. The fraction of sp³-hybridized carbons (Fsp3) is 0. The molecule has 0 amide bonds. The minimum Gasteiger partial charge on any atom is -0.870 e. The second-order valence-electron chi connectivity index (χ2n) is 0. The van der Waals surface area contributed by atoms with Gasteiger partial charge in [0.1, 0.15) is 0 Å². The van der Waals surface area contributed by atoms with E-state index in [2.05, 4.69) is 0 Å². The molecule has 7 heteroatoms. The monoisotopic (exact) mass is 284 g/mol. The van der Waals surface area contributed by atoms with Gasteiger partial charge in [0.2, 0.25) is 0 Å². The van der Waals surface area contributed by atoms with Crippen LogP contribution in [-0.4, -0.2) is 27.4 Å². The summed E-state index contributed by atoms with van der Waals surface area (Å²) in [6.07, 6.45) is 0. The van der Waals surface area contributed by atoms with Crippen LogP contribution < -0.4 is 0 Å². The SMILES string of the molecule is [Ce+3].[Co+2].[OH-].[OH-].[OH-].[OH-].[OH-]. The molecule has 7 heavy (non-hydrogen) atoms. The Balaban J connectivity index is 0. The summed E-state index contributed by atoms with van der Waals surface area (Å²) in [4.78, 5) is 0. The van der Waals surface area contributed by atoms with Gasteiger partial charge in [-0.3, -0.25) is 0 Å². The first-order valence-electron chi connectivity index (χ1n) is 0. The van der Waals surface area contributed by atoms with Gasteiger partial charge in [0.25, 0.3) is 0 Å². The number of rotatable bonds is 0. The van der Waals surface area contributed by atoms with Crippen molar-refractivity contribution in [3.8, 4) is 0 Å². The molecule has 0 spiro atoms. The van der Waals surface area contributed by atoms with Crippen molar-refractivity contribution < 1.29 is 85.9 Å². The van der Waals surface area contributed by atoms with Gasteiger partial charge in [-0.05, 0) is 0 Å². The van der Waals surface area contributed by atoms with Crippen LogP contribution in [0, 0.1) is 41.7 Å². The van der Waals surface area contributed by atoms with Crippen LogP contribution >= 0.6 is 0 Å². The van der Waals surface area contributed by atoms with E-state index in [4.69, 9.17) is 0 Å². The van der Waals surface area contributed by atoms with Gasteiger partial charge in [0.05, 0.1) is 0 Å². The Morgan fingerprint density at radius 2 is 0.429 bits per heavy atom. The van der Waals surface area contributed by atoms with Crippen LogP contribution in [0.25, 0.3) is 0 Å². The predicted molar refractivity (Wildman–Crippen MR) is 9.68 cm³/mol. The van der Waals surface area contributed by atoms with Crippen LogP contribution in [0.2, 0.25) is 0 Å². The van der Waals surface area contributed by atoms with Gasteiger partial charge in [0.15, 0.2) is 0 Å². The molecule has 0 unspecified atom stereocenters. The minimum atomic E-state index is 0. The third kappa shape index (κ3) is 87.6. The quantitative estimate of drug-likeness (QED) is 0.565. The van der Waals surface area contributed by atoms with Crippen LogP contribution in [0.4, 0.5) is 0 Å². The predicted octanol–water partition coefficient (Wildman–Crippen LogP) is -0.886. The topological polar surface area (TPSA) is 150 Å². The maximum atomic E-state index is 0. The molecule has 2 radical (unpaired) electrons. The van der Waals surface area contributed by atoms with E-state index in [1.54, 1.807) is 0 Å². The molecule has 0 saturated carbocycles. The fourth-order valence-electron chi connectivity index (χ4n) is 0. The average Bonchev–Trinajstić information content (AvgIpc) is 0. The average molecular weight is 284 g/mol. The Kier molecular flexibility index (Phi) is 3130. The van der Waals surface area contributed by atoms with E-state index in [1.807, 2.05) is 0 Å². The molecule has 0 fully saturated rings. The summed E-state index contributed by atoms with van der Waals surface area (Å²) >= 11 is 0. The molecule has 0 aromatic rings. The summed E-state index contributed by atoms with van der Waals surface area (Å²) in [5, 5.41) is 0. The molecule has 0 saturated heterocycles. The first kappa shape index (κ1) is 181. The number of hydrogen-bond acceptors (Lipinski definition) is 5. The van der Waals surface area contributed by atoms with Gasteiger partial charge in [-0.15, -0.1) is 0 Å². The van der Waals surface area contributed by atoms with Crippen molar-refractivity contribution in [2.45, 2.75) is 0 Å². The first-order valence-corrected chi connectivity index (χ1v) is 0. The standard InChI is InChI=1S/Ce.Co.5H2O/h;;5*1H2/q+3;+2;;;;;/p-5. The first-order chi connectivity index (χ1) is 0. The van der Waals surface area contributed by atoms with Gasteiger partial charge >= 0.3 is 58.5 Å². The van der Waals surface area contributed by atoms with Crippen LogP contribution in [-0.2, 0) is 16.8 Å². The molecular formula is H5CeCoO5. The molecule has 0 heterocycles. The third-order valence-electron chi connectivity index (χ3n) is 0. The zero-order valence-corrected chi connectivity index (χ0v) is 7.25. The molecule has 5 nitrogen and oxygen atoms in total. The minimum absolute atomic E-state index is 0. The van der Waals surface area contributed by atoms with Crippen LogP contribution in [0.15, 0.2) is 0 Å². The van der Waals surface area contributed by atoms with Crippen molar-refractivity contribution in [1.29, 1.82) is 0 Å². The van der Waals surface area contributed by atoms with E-state index in [9.17, 15) is 0 Å². The second-order valence-corrected chi connectivity index (χ2v) is 0. The maximum Gasteiger partial charge on any atom is 3.00 e. The van der Waals surface area contributed by atoms with Crippen molar-refractivity contribution in [2.75, 3.05) is 0 Å². The zero-order valence-electron chi connectivity index (χ0n) is 3.07. The third-order valence-corrected chi connectivity index (χ3v) is 0. The van der Waals surface area contributed by atoms with Crippen LogP contribution in [0.1, 0.15) is 0 Å². The molecule has 5 N–H and O–H groups in total. The molecule has 0 bridgehead atoms. The van der Waals surface area contributed by atoms with Crippen LogP contribution in [0.5, 0.6) is 0 Å². The van der Waals surface area contributed by atoms with Gasteiger partial charge in [-0.25, -0.2) is 0 Å². The Hall–Kier alpha value is 1.68. The van der Waals surface area contributed by atoms with E-state index < -0.39 is 0 Å². The fourth-order valence-corrected chi connectivity index (χ4v) is 0. The molecule has 0 aliphatic rings. The summed E-state index contributed by atoms with van der Waals surface area (Å²) in [7, 11) is 0. The molecule has 0 rings (SSSR count). The van der Waals surface area contributed by atoms with Gasteiger partial charge in [0, 0.05) is 0 Å². The molecule has 0 aromatic heterocycles. The van der Waals surface area contributed by atoms with Crippen molar-refractivity contribution in [2.24, 2.45) is 0 Å². The summed E-state index contributed by atoms with van der Waals surface area (Å²) < 4.78 is 0. The van der Waals surface area contributed by atoms with E-state index in [0.29, 0.717) is 0 Å². The van der Waals surface area contributed by atoms with Crippen molar-refractivity contribution in [3.05, 3.63) is 0 Å². The normalized spacial score (nSPS) is 0. The smallest absolute Gasteiger partial charge is 0.870 e. The van der Waals surface area contributed by atoms with Gasteiger partial charge in [-0.1, -0.05) is 0 Å². The maximum absolute atomic E-state index is 0. The molecule has 0 aliphatic carbocycles. The Morgan fingerprint density at radius 1 is 0.429 bits per heavy atom. The van der Waals surface area contributed by atoms with E-state index >= 15 is 0 Å². The van der Waals surface area contributed by atoms with E-state index in [-0.39, 0.29) is 85.9 Å². The van der Waals surface area contributed by atoms with Crippen molar-refractivity contribution in [1.82, 2.24) is 0 Å². The summed E-state index contributed by atoms with van der Waals surface area (Å²) in [6.45, 7) is 0. The van der Waals surface area contributed by atoms with Crippen molar-refractivity contribution >= 4 is 0 Å². The summed E-state index contributed by atoms with van der Waals surface area (Å²) in [5.74, 6) is 0. The second kappa shape index (κ2) is 121. The molecule has 0 aromatic carbocycles. The molecule has 0 aliphatic heterocycles. The Morgan fingerprint density at radius 3 is 0.429 bits per heavy atom. The van der Waals surface area contributed by atoms with Crippen molar-refractivity contribution in [3.63, 3.8) is 0 Å². The zero-order chi connectivity index (χ0) is 0. The number of hydrogen-bond donors (Lipinski definition) is 0. The Labute approximate surface area is 85.0 Å². The van der Waals surface area contributed by atoms with E-state index in [1.165, 1.54) is 0 Å². The van der Waals surface area contributed by atoms with Crippen LogP contribution in [0.3, 0.4) is 0 Å². The van der Waals surface area contributed by atoms with E-state index in [0.717, 1.165) is 0 Å². The Bertz CT molecular complexity index is 8.04. The molecular weight excluding hydrogens is 279 g/mol.